The first-order valence-corrected chi connectivity index (χ1v) is 10.9. The molecule has 2 atom stereocenters. The van der Waals surface area contributed by atoms with Gasteiger partial charge in [0.15, 0.2) is 0 Å². The van der Waals surface area contributed by atoms with Gasteiger partial charge in [-0.25, -0.2) is 4.79 Å². The Hall–Kier alpha value is -2.87. The van der Waals surface area contributed by atoms with Crippen LogP contribution < -0.4 is 0 Å². The van der Waals surface area contributed by atoms with E-state index in [-0.39, 0.29) is 11.9 Å². The Kier molecular flexibility index (Phi) is 7.46. The van der Waals surface area contributed by atoms with Crippen LogP contribution in [0.25, 0.3) is 0 Å². The summed E-state index contributed by atoms with van der Waals surface area (Å²) >= 11 is 0. The first-order valence-electron chi connectivity index (χ1n) is 10.9. The average Bonchev–Trinajstić information content (AvgIpc) is 2.80. The SMILES string of the molecule is CCC(CC)C(c1ccccc1)C(c1ccc(C)cc1)c1ccc(C(=O)OC)cc1. The van der Waals surface area contributed by atoms with Gasteiger partial charge in [-0.2, -0.15) is 0 Å². The highest BCUT2D eigenvalue weighted by Crippen LogP contribution is 2.45. The van der Waals surface area contributed by atoms with Crippen molar-refractivity contribution in [2.45, 2.75) is 45.4 Å². The van der Waals surface area contributed by atoms with Gasteiger partial charge in [0.1, 0.15) is 0 Å². The van der Waals surface area contributed by atoms with E-state index in [1.165, 1.54) is 29.4 Å². The van der Waals surface area contributed by atoms with Crippen molar-refractivity contribution in [2.75, 3.05) is 7.11 Å². The van der Waals surface area contributed by atoms with Crippen molar-refractivity contribution in [3.63, 3.8) is 0 Å². The number of hydrogen-bond acceptors (Lipinski definition) is 2. The summed E-state index contributed by atoms with van der Waals surface area (Å²) in [4.78, 5) is 11.9. The standard InChI is InChI=1S/C28H32O2/c1-5-21(6-2)26(22-10-8-7-9-11-22)27(23-14-12-20(3)13-15-23)24-16-18-25(19-17-24)28(29)30-4/h7-19,21,26-27H,5-6H2,1-4H3. The molecule has 0 N–H and O–H groups in total. The van der Waals surface area contributed by atoms with E-state index >= 15 is 0 Å². The molecule has 0 saturated heterocycles. The third kappa shape index (κ3) is 4.81. The lowest BCUT2D eigenvalue weighted by Gasteiger charge is -2.34. The van der Waals surface area contributed by atoms with Crippen molar-refractivity contribution in [3.8, 4) is 0 Å². The zero-order valence-corrected chi connectivity index (χ0v) is 18.5. The van der Waals surface area contributed by atoms with Crippen molar-refractivity contribution < 1.29 is 9.53 Å². The fraction of sp³-hybridized carbons (Fsp3) is 0.321. The molecule has 0 aromatic heterocycles. The molecule has 3 aromatic carbocycles. The van der Waals surface area contributed by atoms with Crippen LogP contribution in [0.1, 0.15) is 71.1 Å². The lowest BCUT2D eigenvalue weighted by molar-refractivity contribution is 0.0600. The molecule has 2 heteroatoms. The van der Waals surface area contributed by atoms with Crippen molar-refractivity contribution in [1.29, 1.82) is 0 Å². The second kappa shape index (κ2) is 10.2. The van der Waals surface area contributed by atoms with Gasteiger partial charge in [0.05, 0.1) is 12.7 Å². The summed E-state index contributed by atoms with van der Waals surface area (Å²) in [5.41, 5.74) is 5.76. The number of benzene rings is 3. The van der Waals surface area contributed by atoms with Gasteiger partial charge < -0.3 is 4.74 Å². The molecule has 2 unspecified atom stereocenters. The predicted octanol–water partition coefficient (Wildman–Crippen LogP) is 7.13. The van der Waals surface area contributed by atoms with E-state index in [2.05, 4.69) is 87.5 Å². The molecule has 156 valence electrons. The Balaban J connectivity index is 2.16. The van der Waals surface area contributed by atoms with E-state index in [9.17, 15) is 4.79 Å². The monoisotopic (exact) mass is 400 g/mol. The molecular formula is C28H32O2. The summed E-state index contributed by atoms with van der Waals surface area (Å²) in [5.74, 6) is 0.824. The normalized spacial score (nSPS) is 13.1. The average molecular weight is 401 g/mol. The van der Waals surface area contributed by atoms with Gasteiger partial charge in [-0.15, -0.1) is 0 Å². The molecule has 0 saturated carbocycles. The van der Waals surface area contributed by atoms with E-state index in [0.29, 0.717) is 17.4 Å². The third-order valence-electron chi connectivity index (χ3n) is 6.23. The Morgan fingerprint density at radius 1 is 0.767 bits per heavy atom. The number of methoxy groups -OCH3 is 1. The van der Waals surface area contributed by atoms with E-state index in [4.69, 9.17) is 4.74 Å². The number of carbonyl (C=O) groups excluding carboxylic acids is 1. The Morgan fingerprint density at radius 3 is 1.80 bits per heavy atom. The van der Waals surface area contributed by atoms with Crippen molar-refractivity contribution in [2.24, 2.45) is 5.92 Å². The molecule has 3 rings (SSSR count). The fourth-order valence-corrected chi connectivity index (χ4v) is 4.53. The van der Waals surface area contributed by atoms with Gasteiger partial charge in [-0.05, 0) is 47.6 Å². The molecule has 0 bridgehead atoms. The summed E-state index contributed by atoms with van der Waals surface area (Å²) in [6.45, 7) is 6.70. The molecule has 0 aliphatic rings. The number of hydrogen-bond donors (Lipinski definition) is 0. The van der Waals surface area contributed by atoms with E-state index in [1.54, 1.807) is 0 Å². The summed E-state index contributed by atoms with van der Waals surface area (Å²) in [5, 5.41) is 0. The van der Waals surface area contributed by atoms with Gasteiger partial charge in [0.25, 0.3) is 0 Å². The van der Waals surface area contributed by atoms with Crippen LogP contribution >= 0.6 is 0 Å². The predicted molar refractivity (Wildman–Crippen MR) is 124 cm³/mol. The number of aryl methyl sites for hydroxylation is 1. The maximum absolute atomic E-state index is 11.9. The zero-order chi connectivity index (χ0) is 21.5. The Labute approximate surface area is 180 Å². The van der Waals surface area contributed by atoms with Crippen LogP contribution in [0.3, 0.4) is 0 Å². The van der Waals surface area contributed by atoms with Crippen LogP contribution in [-0.4, -0.2) is 13.1 Å². The molecule has 0 radical (unpaired) electrons. The Morgan fingerprint density at radius 2 is 1.30 bits per heavy atom. The van der Waals surface area contributed by atoms with Gasteiger partial charge in [-0.3, -0.25) is 0 Å². The van der Waals surface area contributed by atoms with Crippen molar-refractivity contribution >= 4 is 5.97 Å². The smallest absolute Gasteiger partial charge is 0.337 e. The molecule has 0 heterocycles. The highest BCUT2D eigenvalue weighted by Gasteiger charge is 2.31. The lowest BCUT2D eigenvalue weighted by atomic mass is 9.69. The summed E-state index contributed by atoms with van der Waals surface area (Å²) in [7, 11) is 1.42. The van der Waals surface area contributed by atoms with Gasteiger partial charge in [-0.1, -0.05) is 99.0 Å². The summed E-state index contributed by atoms with van der Waals surface area (Å²) < 4.78 is 4.89. The maximum Gasteiger partial charge on any atom is 0.337 e. The minimum Gasteiger partial charge on any atom is -0.465 e. The first-order chi connectivity index (χ1) is 14.6. The molecule has 0 spiro atoms. The van der Waals surface area contributed by atoms with Gasteiger partial charge in [0, 0.05) is 5.92 Å². The minimum absolute atomic E-state index is 0.213. The second-order valence-corrected chi connectivity index (χ2v) is 8.01. The highest BCUT2D eigenvalue weighted by molar-refractivity contribution is 5.89. The van der Waals surface area contributed by atoms with E-state index in [1.807, 2.05) is 12.1 Å². The third-order valence-corrected chi connectivity index (χ3v) is 6.23. The minimum atomic E-state index is -0.298. The van der Waals surface area contributed by atoms with E-state index < -0.39 is 0 Å². The topological polar surface area (TPSA) is 26.3 Å². The number of ether oxygens (including phenoxy) is 1. The quantitative estimate of drug-likeness (QED) is 0.376. The van der Waals surface area contributed by atoms with E-state index in [0.717, 1.165) is 12.8 Å². The molecule has 0 fully saturated rings. The summed E-state index contributed by atoms with van der Waals surface area (Å²) in [6.07, 6.45) is 2.25. The van der Waals surface area contributed by atoms with Crippen LogP contribution in [0, 0.1) is 12.8 Å². The molecule has 0 aliphatic heterocycles. The second-order valence-electron chi connectivity index (χ2n) is 8.01. The Bertz CT molecular complexity index is 923. The highest BCUT2D eigenvalue weighted by atomic mass is 16.5. The van der Waals surface area contributed by atoms with Crippen molar-refractivity contribution in [3.05, 3.63) is 107 Å². The largest absolute Gasteiger partial charge is 0.465 e. The maximum atomic E-state index is 11.9. The van der Waals surface area contributed by atoms with Crippen LogP contribution in [0.2, 0.25) is 0 Å². The fourth-order valence-electron chi connectivity index (χ4n) is 4.53. The van der Waals surface area contributed by atoms with Crippen LogP contribution in [0.5, 0.6) is 0 Å². The van der Waals surface area contributed by atoms with Gasteiger partial charge in [0.2, 0.25) is 0 Å². The molecule has 0 amide bonds. The molecular weight excluding hydrogens is 368 g/mol. The first kappa shape index (κ1) is 21.8. The summed E-state index contributed by atoms with van der Waals surface area (Å²) in [6, 6.07) is 27.7. The van der Waals surface area contributed by atoms with Crippen LogP contribution in [-0.2, 0) is 4.74 Å². The number of carbonyl (C=O) groups is 1. The zero-order valence-electron chi connectivity index (χ0n) is 18.5. The van der Waals surface area contributed by atoms with Crippen LogP contribution in [0.4, 0.5) is 0 Å². The van der Waals surface area contributed by atoms with Crippen molar-refractivity contribution in [1.82, 2.24) is 0 Å². The molecule has 2 nitrogen and oxygen atoms in total. The van der Waals surface area contributed by atoms with Crippen LogP contribution in [0.15, 0.2) is 78.9 Å². The molecule has 30 heavy (non-hydrogen) atoms. The number of esters is 1. The molecule has 3 aromatic rings. The lowest BCUT2D eigenvalue weighted by Crippen LogP contribution is -2.21. The molecule has 0 aliphatic carbocycles. The number of rotatable bonds is 8. The van der Waals surface area contributed by atoms with Gasteiger partial charge >= 0.3 is 5.97 Å².